The van der Waals surface area contributed by atoms with Crippen LogP contribution in [-0.4, -0.2) is 35.8 Å². The molecule has 2 rings (SSSR count). The Kier molecular flexibility index (Phi) is 3.46. The highest BCUT2D eigenvalue weighted by molar-refractivity contribution is 8.00. The molecule has 0 radical (unpaired) electrons. The molecule has 0 aliphatic carbocycles. The summed E-state index contributed by atoms with van der Waals surface area (Å²) in [7, 11) is 0. The lowest BCUT2D eigenvalue weighted by Gasteiger charge is -2.05. The summed E-state index contributed by atoms with van der Waals surface area (Å²) in [6, 6.07) is 7.02. The highest BCUT2D eigenvalue weighted by Crippen LogP contribution is 2.22. The molecule has 0 bridgehead atoms. The van der Waals surface area contributed by atoms with Crippen LogP contribution in [0.3, 0.4) is 0 Å². The SMILES string of the molecule is O=C(O)c1ccccc1SCC1=NCCN1. The molecule has 0 fully saturated rings. The Balaban J connectivity index is 2.05. The summed E-state index contributed by atoms with van der Waals surface area (Å²) in [6.07, 6.45) is 0. The number of nitrogens with one attached hydrogen (secondary N) is 1. The Morgan fingerprint density at radius 3 is 3.00 bits per heavy atom. The van der Waals surface area contributed by atoms with Gasteiger partial charge in [-0.05, 0) is 12.1 Å². The number of carbonyl (C=O) groups is 1. The Morgan fingerprint density at radius 1 is 1.50 bits per heavy atom. The van der Waals surface area contributed by atoms with Crippen LogP contribution in [0.1, 0.15) is 10.4 Å². The monoisotopic (exact) mass is 236 g/mol. The lowest BCUT2D eigenvalue weighted by molar-refractivity contribution is 0.0693. The van der Waals surface area contributed by atoms with E-state index in [9.17, 15) is 4.79 Å². The predicted molar refractivity (Wildman–Crippen MR) is 64.4 cm³/mol. The first-order valence-corrected chi connectivity index (χ1v) is 5.98. The molecule has 0 unspecified atom stereocenters. The number of carboxylic acid groups (broad SMARTS) is 1. The lowest BCUT2D eigenvalue weighted by Crippen LogP contribution is -2.20. The fraction of sp³-hybridized carbons (Fsp3) is 0.273. The van der Waals surface area contributed by atoms with Crippen LogP contribution in [0.25, 0.3) is 0 Å². The molecule has 1 aromatic rings. The van der Waals surface area contributed by atoms with Crippen molar-refractivity contribution in [2.24, 2.45) is 4.99 Å². The van der Waals surface area contributed by atoms with Gasteiger partial charge in [-0.3, -0.25) is 4.99 Å². The minimum absolute atomic E-state index is 0.353. The number of aromatic carboxylic acids is 1. The van der Waals surface area contributed by atoms with Gasteiger partial charge < -0.3 is 10.4 Å². The van der Waals surface area contributed by atoms with Crippen molar-refractivity contribution in [3.05, 3.63) is 29.8 Å². The molecule has 0 saturated heterocycles. The van der Waals surface area contributed by atoms with E-state index in [1.54, 1.807) is 12.1 Å². The topological polar surface area (TPSA) is 61.7 Å². The maximum atomic E-state index is 11.0. The van der Waals surface area contributed by atoms with Crippen molar-refractivity contribution in [2.75, 3.05) is 18.8 Å². The molecule has 2 N–H and O–H groups in total. The molecule has 0 atom stereocenters. The number of hydrogen-bond acceptors (Lipinski definition) is 4. The highest BCUT2D eigenvalue weighted by Gasteiger charge is 2.11. The van der Waals surface area contributed by atoms with E-state index in [2.05, 4.69) is 10.3 Å². The van der Waals surface area contributed by atoms with Crippen molar-refractivity contribution in [3.8, 4) is 0 Å². The minimum Gasteiger partial charge on any atom is -0.478 e. The number of carboxylic acids is 1. The quantitative estimate of drug-likeness (QED) is 0.777. The van der Waals surface area contributed by atoms with Crippen molar-refractivity contribution < 1.29 is 9.90 Å². The second-order valence-corrected chi connectivity index (χ2v) is 4.36. The van der Waals surface area contributed by atoms with Gasteiger partial charge in [0.2, 0.25) is 0 Å². The molecule has 0 amide bonds. The standard InChI is InChI=1S/C11H12N2O2S/c14-11(15)8-3-1-2-4-9(8)16-7-10-12-5-6-13-10/h1-4H,5-7H2,(H,12,13)(H,14,15). The molecule has 1 aromatic carbocycles. The van der Waals surface area contributed by atoms with E-state index in [0.29, 0.717) is 11.3 Å². The van der Waals surface area contributed by atoms with Gasteiger partial charge in [0.15, 0.2) is 0 Å². The van der Waals surface area contributed by atoms with Crippen LogP contribution in [0.5, 0.6) is 0 Å². The second-order valence-electron chi connectivity index (χ2n) is 3.35. The Labute approximate surface area is 97.8 Å². The first-order chi connectivity index (χ1) is 7.77. The average Bonchev–Trinajstić information content (AvgIpc) is 2.79. The molecule has 5 heteroatoms. The summed E-state index contributed by atoms with van der Waals surface area (Å²) >= 11 is 1.50. The molecule has 1 aliphatic heterocycles. The lowest BCUT2D eigenvalue weighted by atomic mass is 10.2. The van der Waals surface area contributed by atoms with E-state index in [-0.39, 0.29) is 0 Å². The van der Waals surface area contributed by atoms with Crippen molar-refractivity contribution in [1.29, 1.82) is 0 Å². The molecule has 84 valence electrons. The van der Waals surface area contributed by atoms with Crippen molar-refractivity contribution in [1.82, 2.24) is 5.32 Å². The zero-order valence-electron chi connectivity index (χ0n) is 8.64. The van der Waals surface area contributed by atoms with Crippen LogP contribution in [-0.2, 0) is 0 Å². The largest absolute Gasteiger partial charge is 0.478 e. The zero-order valence-corrected chi connectivity index (χ0v) is 9.46. The van der Waals surface area contributed by atoms with Gasteiger partial charge in [0.05, 0.1) is 17.9 Å². The first kappa shape index (κ1) is 11.0. The molecular formula is C11H12N2O2S. The third-order valence-corrected chi connectivity index (χ3v) is 3.31. The van der Waals surface area contributed by atoms with Crippen LogP contribution >= 0.6 is 11.8 Å². The molecule has 0 saturated carbocycles. The summed E-state index contributed by atoms with van der Waals surface area (Å²) in [6.45, 7) is 1.70. The van der Waals surface area contributed by atoms with Gasteiger partial charge in [0, 0.05) is 11.4 Å². The number of benzene rings is 1. The van der Waals surface area contributed by atoms with Gasteiger partial charge in [-0.2, -0.15) is 0 Å². The average molecular weight is 236 g/mol. The zero-order chi connectivity index (χ0) is 11.4. The minimum atomic E-state index is -0.885. The summed E-state index contributed by atoms with van der Waals surface area (Å²) in [5.41, 5.74) is 0.353. The Morgan fingerprint density at radius 2 is 2.31 bits per heavy atom. The van der Waals surface area contributed by atoms with Crippen molar-refractivity contribution in [2.45, 2.75) is 4.90 Å². The van der Waals surface area contributed by atoms with Gasteiger partial charge in [0.25, 0.3) is 0 Å². The summed E-state index contributed by atoms with van der Waals surface area (Å²) in [4.78, 5) is 16.0. The van der Waals surface area contributed by atoms with Crippen molar-refractivity contribution in [3.63, 3.8) is 0 Å². The summed E-state index contributed by atoms with van der Waals surface area (Å²) in [5, 5.41) is 12.2. The molecule has 16 heavy (non-hydrogen) atoms. The normalized spacial score (nSPS) is 14.4. The van der Waals surface area contributed by atoms with Crippen LogP contribution in [0, 0.1) is 0 Å². The van der Waals surface area contributed by atoms with Gasteiger partial charge in [-0.25, -0.2) is 4.79 Å². The van der Waals surface area contributed by atoms with Gasteiger partial charge in [-0.1, -0.05) is 12.1 Å². The number of amidine groups is 1. The van der Waals surface area contributed by atoms with Crippen LogP contribution in [0.2, 0.25) is 0 Å². The molecule has 1 aliphatic rings. The van der Waals surface area contributed by atoms with E-state index in [1.807, 2.05) is 12.1 Å². The summed E-state index contributed by atoms with van der Waals surface area (Å²) in [5.74, 6) is 0.763. The van der Waals surface area contributed by atoms with E-state index < -0.39 is 5.97 Å². The molecule has 4 nitrogen and oxygen atoms in total. The van der Waals surface area contributed by atoms with Crippen molar-refractivity contribution >= 4 is 23.6 Å². The molecule has 1 heterocycles. The maximum absolute atomic E-state index is 11.0. The van der Waals surface area contributed by atoms with Crippen LogP contribution < -0.4 is 5.32 Å². The van der Waals surface area contributed by atoms with Gasteiger partial charge >= 0.3 is 5.97 Å². The van der Waals surface area contributed by atoms with Crippen LogP contribution in [0.15, 0.2) is 34.2 Å². The summed E-state index contributed by atoms with van der Waals surface area (Å²) < 4.78 is 0. The van der Waals surface area contributed by atoms with E-state index >= 15 is 0 Å². The van der Waals surface area contributed by atoms with Crippen LogP contribution in [0.4, 0.5) is 0 Å². The molecular weight excluding hydrogens is 224 g/mol. The van der Waals surface area contributed by atoms with E-state index in [4.69, 9.17) is 5.11 Å². The predicted octanol–water partition coefficient (Wildman–Crippen LogP) is 1.48. The highest BCUT2D eigenvalue weighted by atomic mass is 32.2. The first-order valence-electron chi connectivity index (χ1n) is 4.99. The molecule has 0 aromatic heterocycles. The van der Waals surface area contributed by atoms with Gasteiger partial charge in [0.1, 0.15) is 5.84 Å². The van der Waals surface area contributed by atoms with E-state index in [1.165, 1.54) is 11.8 Å². The number of aliphatic imine (C=N–C) groups is 1. The smallest absolute Gasteiger partial charge is 0.336 e. The number of nitrogens with zero attached hydrogens (tertiary/aromatic N) is 1. The number of hydrogen-bond donors (Lipinski definition) is 2. The Hall–Kier alpha value is -1.49. The maximum Gasteiger partial charge on any atom is 0.336 e. The fourth-order valence-corrected chi connectivity index (χ4v) is 2.43. The Bertz CT molecular complexity index is 432. The third kappa shape index (κ3) is 2.55. The fourth-order valence-electron chi connectivity index (χ4n) is 1.46. The third-order valence-electron chi connectivity index (χ3n) is 2.23. The van der Waals surface area contributed by atoms with Gasteiger partial charge in [-0.15, -0.1) is 11.8 Å². The molecule has 0 spiro atoms. The number of thioether (sulfide) groups is 1. The second kappa shape index (κ2) is 5.03. The van der Waals surface area contributed by atoms with E-state index in [0.717, 1.165) is 23.8 Å². The number of rotatable bonds is 4.